The van der Waals surface area contributed by atoms with Crippen molar-refractivity contribution in [2.45, 2.75) is 38.3 Å². The van der Waals surface area contributed by atoms with Crippen LogP contribution in [0.15, 0.2) is 29.2 Å². The Morgan fingerprint density at radius 1 is 1.33 bits per heavy atom. The van der Waals surface area contributed by atoms with E-state index in [0.717, 1.165) is 11.4 Å². The Balaban J connectivity index is 2.38. The zero-order valence-electron chi connectivity index (χ0n) is 11.2. The Labute approximate surface area is 113 Å². The maximum absolute atomic E-state index is 11.2. The Bertz CT molecular complexity index is 363. The molecule has 0 saturated carbocycles. The van der Waals surface area contributed by atoms with E-state index in [2.05, 4.69) is 31.3 Å². The van der Waals surface area contributed by atoms with Crippen LogP contribution in [0.5, 0.6) is 0 Å². The van der Waals surface area contributed by atoms with Crippen LogP contribution in [0, 0.1) is 0 Å². The first-order valence-corrected chi connectivity index (χ1v) is 7.21. The number of hydrogen-bond donors (Lipinski definition) is 1. The van der Waals surface area contributed by atoms with E-state index < -0.39 is 0 Å². The second-order valence-corrected chi connectivity index (χ2v) is 5.32. The van der Waals surface area contributed by atoms with Gasteiger partial charge in [0.05, 0.1) is 12.4 Å². The summed E-state index contributed by atoms with van der Waals surface area (Å²) in [4.78, 5) is 12.3. The summed E-state index contributed by atoms with van der Waals surface area (Å²) in [6.07, 6.45) is 0. The van der Waals surface area contributed by atoms with Gasteiger partial charge in [-0.05, 0) is 24.6 Å². The van der Waals surface area contributed by atoms with Crippen LogP contribution in [-0.2, 0) is 16.1 Å². The number of benzene rings is 1. The van der Waals surface area contributed by atoms with E-state index in [1.165, 1.54) is 17.3 Å². The fourth-order valence-corrected chi connectivity index (χ4v) is 2.07. The highest BCUT2D eigenvalue weighted by Gasteiger charge is 2.03. The van der Waals surface area contributed by atoms with E-state index in [-0.39, 0.29) is 5.97 Å². The molecule has 1 N–H and O–H groups in total. The van der Waals surface area contributed by atoms with Crippen LogP contribution in [0.25, 0.3) is 0 Å². The lowest BCUT2D eigenvalue weighted by Gasteiger charge is -2.08. The minimum Gasteiger partial charge on any atom is -0.465 e. The highest BCUT2D eigenvalue weighted by atomic mass is 32.2. The zero-order chi connectivity index (χ0) is 13.4. The molecule has 0 aliphatic rings. The smallest absolute Gasteiger partial charge is 0.316 e. The highest BCUT2D eigenvalue weighted by Crippen LogP contribution is 2.18. The fraction of sp³-hybridized carbons (Fsp3) is 0.500. The zero-order valence-corrected chi connectivity index (χ0v) is 12.0. The number of ether oxygens (including phenoxy) is 1. The molecule has 0 radical (unpaired) electrons. The van der Waals surface area contributed by atoms with Crippen molar-refractivity contribution >= 4 is 17.7 Å². The number of thioether (sulfide) groups is 1. The molecule has 0 aliphatic carbocycles. The van der Waals surface area contributed by atoms with E-state index in [9.17, 15) is 4.79 Å². The van der Waals surface area contributed by atoms with Crippen LogP contribution in [-0.4, -0.2) is 24.4 Å². The average molecular weight is 267 g/mol. The molecule has 0 unspecified atom stereocenters. The summed E-state index contributed by atoms with van der Waals surface area (Å²) < 4.78 is 4.88. The summed E-state index contributed by atoms with van der Waals surface area (Å²) in [6, 6.07) is 8.75. The van der Waals surface area contributed by atoms with Crippen LogP contribution < -0.4 is 5.32 Å². The molecular weight excluding hydrogens is 246 g/mol. The molecular formula is C14H21NO2S. The minimum absolute atomic E-state index is 0.159. The van der Waals surface area contributed by atoms with E-state index in [1.807, 2.05) is 19.1 Å². The van der Waals surface area contributed by atoms with Crippen LogP contribution in [0.3, 0.4) is 0 Å². The third-order valence-electron chi connectivity index (χ3n) is 2.30. The molecule has 3 nitrogen and oxygen atoms in total. The predicted octanol–water partition coefficient (Wildman–Crippen LogP) is 2.84. The third kappa shape index (κ3) is 6.07. The largest absolute Gasteiger partial charge is 0.465 e. The number of esters is 1. The number of nitrogens with one attached hydrogen (secondary N) is 1. The highest BCUT2D eigenvalue weighted by molar-refractivity contribution is 8.00. The lowest BCUT2D eigenvalue weighted by atomic mass is 10.2. The van der Waals surface area contributed by atoms with Crippen LogP contribution in [0.2, 0.25) is 0 Å². The molecule has 1 rings (SSSR count). The summed E-state index contributed by atoms with van der Waals surface area (Å²) in [6.45, 7) is 7.39. The molecule has 0 aliphatic heterocycles. The molecule has 4 heteroatoms. The van der Waals surface area contributed by atoms with Crippen molar-refractivity contribution < 1.29 is 9.53 Å². The third-order valence-corrected chi connectivity index (χ3v) is 3.29. The molecule has 0 aromatic heterocycles. The van der Waals surface area contributed by atoms with E-state index in [4.69, 9.17) is 4.74 Å². The van der Waals surface area contributed by atoms with Crippen LogP contribution in [0.4, 0.5) is 0 Å². The summed E-state index contributed by atoms with van der Waals surface area (Å²) in [5.41, 5.74) is 1.25. The molecule has 0 amide bonds. The lowest BCUT2D eigenvalue weighted by molar-refractivity contribution is -0.139. The molecule has 0 heterocycles. The summed E-state index contributed by atoms with van der Waals surface area (Å²) in [5.74, 6) is 0.213. The van der Waals surface area contributed by atoms with Gasteiger partial charge in [0.1, 0.15) is 0 Å². The molecule has 100 valence electrons. The standard InChI is InChI=1S/C14H21NO2S/c1-4-17-14(16)10-18-13-7-5-12(6-8-13)9-15-11(2)3/h5-8,11,15H,4,9-10H2,1-3H3. The number of carbonyl (C=O) groups excluding carboxylic acids is 1. The Morgan fingerprint density at radius 2 is 2.00 bits per heavy atom. The van der Waals surface area contributed by atoms with Crippen molar-refractivity contribution in [3.05, 3.63) is 29.8 Å². The van der Waals surface area contributed by atoms with Crippen molar-refractivity contribution in [2.24, 2.45) is 0 Å². The molecule has 0 atom stereocenters. The fourth-order valence-electron chi connectivity index (χ4n) is 1.37. The summed E-state index contributed by atoms with van der Waals surface area (Å²) >= 11 is 1.51. The van der Waals surface area contributed by atoms with E-state index >= 15 is 0 Å². The van der Waals surface area contributed by atoms with E-state index in [0.29, 0.717) is 18.4 Å². The lowest BCUT2D eigenvalue weighted by Crippen LogP contribution is -2.21. The van der Waals surface area contributed by atoms with Gasteiger partial charge in [0.15, 0.2) is 0 Å². The molecule has 18 heavy (non-hydrogen) atoms. The van der Waals surface area contributed by atoms with Gasteiger partial charge in [-0.3, -0.25) is 4.79 Å². The van der Waals surface area contributed by atoms with Gasteiger partial charge in [0.25, 0.3) is 0 Å². The van der Waals surface area contributed by atoms with Gasteiger partial charge < -0.3 is 10.1 Å². The number of carbonyl (C=O) groups is 1. The minimum atomic E-state index is -0.159. The molecule has 0 bridgehead atoms. The normalized spacial score (nSPS) is 10.7. The van der Waals surface area contributed by atoms with Gasteiger partial charge in [-0.25, -0.2) is 0 Å². The van der Waals surface area contributed by atoms with Crippen molar-refractivity contribution in [1.82, 2.24) is 5.32 Å². The SMILES string of the molecule is CCOC(=O)CSc1ccc(CNC(C)C)cc1. The van der Waals surface area contributed by atoms with Crippen LogP contribution in [0.1, 0.15) is 26.3 Å². The van der Waals surface area contributed by atoms with Gasteiger partial charge >= 0.3 is 5.97 Å². The Kier molecular flexibility index (Phi) is 6.83. The van der Waals surface area contributed by atoms with Gasteiger partial charge in [0, 0.05) is 17.5 Å². The van der Waals surface area contributed by atoms with Crippen molar-refractivity contribution in [2.75, 3.05) is 12.4 Å². The topological polar surface area (TPSA) is 38.3 Å². The van der Waals surface area contributed by atoms with Gasteiger partial charge in [-0.15, -0.1) is 11.8 Å². The van der Waals surface area contributed by atoms with Gasteiger partial charge in [0.2, 0.25) is 0 Å². The van der Waals surface area contributed by atoms with Crippen LogP contribution >= 0.6 is 11.8 Å². The first kappa shape index (κ1) is 15.1. The molecule has 0 saturated heterocycles. The summed E-state index contributed by atoms with van der Waals surface area (Å²) in [5, 5.41) is 3.37. The maximum Gasteiger partial charge on any atom is 0.316 e. The monoisotopic (exact) mass is 267 g/mol. The van der Waals surface area contributed by atoms with Crippen molar-refractivity contribution in [3.63, 3.8) is 0 Å². The predicted molar refractivity (Wildman–Crippen MR) is 75.8 cm³/mol. The summed E-state index contributed by atoms with van der Waals surface area (Å²) in [7, 11) is 0. The molecule has 0 fully saturated rings. The van der Waals surface area contributed by atoms with Gasteiger partial charge in [-0.2, -0.15) is 0 Å². The first-order chi connectivity index (χ1) is 8.61. The maximum atomic E-state index is 11.2. The molecule has 1 aromatic rings. The second-order valence-electron chi connectivity index (χ2n) is 4.27. The molecule has 1 aromatic carbocycles. The van der Waals surface area contributed by atoms with Gasteiger partial charge in [-0.1, -0.05) is 26.0 Å². The second kappa shape index (κ2) is 8.16. The number of rotatable bonds is 7. The van der Waals surface area contributed by atoms with Crippen molar-refractivity contribution in [3.8, 4) is 0 Å². The molecule has 0 spiro atoms. The first-order valence-electron chi connectivity index (χ1n) is 6.22. The average Bonchev–Trinajstić information content (AvgIpc) is 2.35. The Hall–Kier alpha value is -1.00. The van der Waals surface area contributed by atoms with Crippen molar-refractivity contribution in [1.29, 1.82) is 0 Å². The Morgan fingerprint density at radius 3 is 2.56 bits per heavy atom. The van der Waals surface area contributed by atoms with E-state index in [1.54, 1.807) is 0 Å². The number of hydrogen-bond acceptors (Lipinski definition) is 4. The quantitative estimate of drug-likeness (QED) is 0.609.